The van der Waals surface area contributed by atoms with Crippen LogP contribution in [0.5, 0.6) is 5.75 Å². The second kappa shape index (κ2) is 10.5. The second-order valence-electron chi connectivity index (χ2n) is 8.02. The Balaban J connectivity index is 1.39. The van der Waals surface area contributed by atoms with Gasteiger partial charge in [-0.25, -0.2) is 0 Å². The molecule has 2 aliphatic rings. The van der Waals surface area contributed by atoms with E-state index in [4.69, 9.17) is 4.74 Å². The van der Waals surface area contributed by atoms with E-state index in [0.717, 1.165) is 63.8 Å². The maximum atomic E-state index is 12.4. The number of hydrogen-bond acceptors (Lipinski definition) is 4. The molecule has 1 atom stereocenters. The van der Waals surface area contributed by atoms with Gasteiger partial charge in [0.15, 0.2) is 5.96 Å². The Labute approximate surface area is 174 Å². The van der Waals surface area contributed by atoms with Crippen molar-refractivity contribution < 1.29 is 9.53 Å². The number of nitrogens with one attached hydrogen (secondary N) is 1. The molecule has 2 saturated heterocycles. The number of ether oxygens (including phenoxy) is 1. The Kier molecular flexibility index (Phi) is 7.75. The molecule has 0 aromatic heterocycles. The summed E-state index contributed by atoms with van der Waals surface area (Å²) in [5.74, 6) is 2.06. The molecule has 1 N–H and O–H groups in total. The van der Waals surface area contributed by atoms with Crippen LogP contribution in [0.2, 0.25) is 0 Å². The molecule has 1 aromatic rings. The van der Waals surface area contributed by atoms with E-state index in [1.165, 1.54) is 5.56 Å². The molecule has 2 fully saturated rings. The van der Waals surface area contributed by atoms with Gasteiger partial charge < -0.3 is 19.9 Å². The Hall–Kier alpha value is -2.28. The van der Waals surface area contributed by atoms with Crippen LogP contribution in [-0.4, -0.2) is 92.1 Å². The largest absolute Gasteiger partial charge is 0.489 e. The Morgan fingerprint density at radius 3 is 2.34 bits per heavy atom. The third kappa shape index (κ3) is 6.35. The van der Waals surface area contributed by atoms with Crippen LogP contribution in [0, 0.1) is 6.92 Å². The Morgan fingerprint density at radius 2 is 1.72 bits per heavy atom. The fourth-order valence-corrected chi connectivity index (χ4v) is 3.83. The average molecular weight is 402 g/mol. The summed E-state index contributed by atoms with van der Waals surface area (Å²) in [5.41, 5.74) is 1.23. The maximum Gasteiger partial charge on any atom is 0.236 e. The average Bonchev–Trinajstić information content (AvgIpc) is 3.26. The molecule has 2 aliphatic heterocycles. The molecular formula is C22H35N5O2. The highest BCUT2D eigenvalue weighted by molar-refractivity contribution is 5.80. The van der Waals surface area contributed by atoms with E-state index in [2.05, 4.69) is 46.1 Å². The molecular weight excluding hydrogens is 366 g/mol. The number of hydrogen-bond donors (Lipinski definition) is 1. The molecule has 0 saturated carbocycles. The first-order valence-corrected chi connectivity index (χ1v) is 10.7. The lowest BCUT2D eigenvalue weighted by molar-refractivity contribution is -0.131. The number of rotatable bonds is 6. The SMILES string of the molecule is CN=C(NCC(C)Oc1ccc(C)cc1)N1CCN(CC(=O)N2CCCC2)CC1. The van der Waals surface area contributed by atoms with E-state index < -0.39 is 0 Å². The number of piperazine rings is 1. The predicted octanol–water partition coefficient (Wildman–Crippen LogP) is 1.58. The summed E-state index contributed by atoms with van der Waals surface area (Å²) in [4.78, 5) is 23.3. The minimum atomic E-state index is 0.0360. The van der Waals surface area contributed by atoms with Gasteiger partial charge in [0.2, 0.25) is 5.91 Å². The number of aryl methyl sites for hydroxylation is 1. The number of amides is 1. The van der Waals surface area contributed by atoms with Crippen molar-refractivity contribution in [3.63, 3.8) is 0 Å². The number of guanidine groups is 1. The summed E-state index contributed by atoms with van der Waals surface area (Å²) in [6.07, 6.45) is 2.33. The van der Waals surface area contributed by atoms with Crippen LogP contribution in [0.3, 0.4) is 0 Å². The first kappa shape index (κ1) is 21.4. The smallest absolute Gasteiger partial charge is 0.236 e. The highest BCUT2D eigenvalue weighted by Crippen LogP contribution is 2.13. The van der Waals surface area contributed by atoms with Gasteiger partial charge in [0.05, 0.1) is 13.1 Å². The monoisotopic (exact) mass is 401 g/mol. The lowest BCUT2D eigenvalue weighted by Crippen LogP contribution is -2.54. The summed E-state index contributed by atoms with van der Waals surface area (Å²) in [7, 11) is 1.82. The van der Waals surface area contributed by atoms with Crippen molar-refractivity contribution in [2.45, 2.75) is 32.8 Å². The minimum absolute atomic E-state index is 0.0360. The van der Waals surface area contributed by atoms with Crippen molar-refractivity contribution in [2.24, 2.45) is 4.99 Å². The molecule has 1 amide bonds. The number of benzene rings is 1. The quantitative estimate of drug-likeness (QED) is 0.579. The molecule has 3 rings (SSSR count). The minimum Gasteiger partial charge on any atom is -0.489 e. The molecule has 1 unspecified atom stereocenters. The van der Waals surface area contributed by atoms with Gasteiger partial charge in [-0.05, 0) is 38.8 Å². The third-order valence-electron chi connectivity index (χ3n) is 5.61. The molecule has 0 bridgehead atoms. The summed E-state index contributed by atoms with van der Waals surface area (Å²) < 4.78 is 5.97. The van der Waals surface area contributed by atoms with Gasteiger partial charge in [-0.1, -0.05) is 17.7 Å². The lowest BCUT2D eigenvalue weighted by Gasteiger charge is -2.36. The van der Waals surface area contributed by atoms with Crippen LogP contribution in [0.25, 0.3) is 0 Å². The lowest BCUT2D eigenvalue weighted by atomic mass is 10.2. The van der Waals surface area contributed by atoms with Crippen molar-refractivity contribution in [3.05, 3.63) is 29.8 Å². The standard InChI is InChI=1S/C22H35N5O2/c1-18-6-8-20(9-7-18)29-19(2)16-24-22(23-3)27-14-12-25(13-15-27)17-21(28)26-10-4-5-11-26/h6-9,19H,4-5,10-17H2,1-3H3,(H,23,24). The molecule has 160 valence electrons. The maximum absolute atomic E-state index is 12.4. The fourth-order valence-electron chi connectivity index (χ4n) is 3.83. The number of aliphatic imine (C=N–C) groups is 1. The van der Waals surface area contributed by atoms with Gasteiger partial charge in [0.1, 0.15) is 11.9 Å². The van der Waals surface area contributed by atoms with Crippen molar-refractivity contribution in [2.75, 3.05) is 59.4 Å². The topological polar surface area (TPSA) is 60.4 Å². The molecule has 7 heteroatoms. The highest BCUT2D eigenvalue weighted by atomic mass is 16.5. The van der Waals surface area contributed by atoms with Gasteiger partial charge in [-0.3, -0.25) is 14.7 Å². The number of carbonyl (C=O) groups is 1. The van der Waals surface area contributed by atoms with Gasteiger partial charge in [0, 0.05) is 46.3 Å². The second-order valence-corrected chi connectivity index (χ2v) is 8.02. The molecule has 0 spiro atoms. The number of likely N-dealkylation sites (tertiary alicyclic amines) is 1. The molecule has 29 heavy (non-hydrogen) atoms. The summed E-state index contributed by atoms with van der Waals surface area (Å²) in [6, 6.07) is 8.12. The van der Waals surface area contributed by atoms with E-state index in [-0.39, 0.29) is 12.0 Å². The molecule has 1 aromatic carbocycles. The molecule has 7 nitrogen and oxygen atoms in total. The molecule has 0 radical (unpaired) electrons. The highest BCUT2D eigenvalue weighted by Gasteiger charge is 2.24. The van der Waals surface area contributed by atoms with Crippen LogP contribution in [0.4, 0.5) is 0 Å². The Bertz CT molecular complexity index is 677. The first-order valence-electron chi connectivity index (χ1n) is 10.7. The van der Waals surface area contributed by atoms with Crippen LogP contribution < -0.4 is 10.1 Å². The molecule has 0 aliphatic carbocycles. The van der Waals surface area contributed by atoms with Crippen LogP contribution in [-0.2, 0) is 4.79 Å². The summed E-state index contributed by atoms with van der Waals surface area (Å²) >= 11 is 0. The normalized spacial score (nSPS) is 19.3. The van der Waals surface area contributed by atoms with Crippen LogP contribution in [0.1, 0.15) is 25.3 Å². The number of nitrogens with zero attached hydrogens (tertiary/aromatic N) is 4. The number of carbonyl (C=O) groups excluding carboxylic acids is 1. The van der Waals surface area contributed by atoms with Gasteiger partial charge >= 0.3 is 0 Å². The zero-order valence-corrected chi connectivity index (χ0v) is 18.1. The third-order valence-corrected chi connectivity index (χ3v) is 5.61. The van der Waals surface area contributed by atoms with Crippen molar-refractivity contribution in [1.82, 2.24) is 20.0 Å². The van der Waals surface area contributed by atoms with Gasteiger partial charge in [-0.2, -0.15) is 0 Å². The zero-order valence-electron chi connectivity index (χ0n) is 18.1. The predicted molar refractivity (Wildman–Crippen MR) is 116 cm³/mol. The molecule has 2 heterocycles. The Morgan fingerprint density at radius 1 is 1.07 bits per heavy atom. The van der Waals surface area contributed by atoms with Crippen molar-refractivity contribution >= 4 is 11.9 Å². The fraction of sp³-hybridized carbons (Fsp3) is 0.636. The first-order chi connectivity index (χ1) is 14.0. The van der Waals surface area contributed by atoms with Crippen LogP contribution >= 0.6 is 0 Å². The summed E-state index contributed by atoms with van der Waals surface area (Å²) in [5, 5.41) is 3.43. The van der Waals surface area contributed by atoms with Crippen molar-refractivity contribution in [1.29, 1.82) is 0 Å². The van der Waals surface area contributed by atoms with E-state index in [1.54, 1.807) is 0 Å². The summed E-state index contributed by atoms with van der Waals surface area (Å²) in [6.45, 7) is 10.7. The van der Waals surface area contributed by atoms with E-state index in [9.17, 15) is 4.79 Å². The van der Waals surface area contributed by atoms with Gasteiger partial charge in [-0.15, -0.1) is 0 Å². The van der Waals surface area contributed by atoms with Gasteiger partial charge in [0.25, 0.3) is 0 Å². The van der Waals surface area contributed by atoms with E-state index in [1.807, 2.05) is 24.1 Å². The van der Waals surface area contributed by atoms with Crippen LogP contribution in [0.15, 0.2) is 29.3 Å². The van der Waals surface area contributed by atoms with E-state index in [0.29, 0.717) is 13.1 Å². The zero-order chi connectivity index (χ0) is 20.6. The van der Waals surface area contributed by atoms with Crippen molar-refractivity contribution in [3.8, 4) is 5.75 Å². The van der Waals surface area contributed by atoms with E-state index >= 15 is 0 Å².